The van der Waals surface area contributed by atoms with Crippen LogP contribution in [0, 0.1) is 12.8 Å². The summed E-state index contributed by atoms with van der Waals surface area (Å²) in [6, 6.07) is 7.10. The predicted molar refractivity (Wildman–Crippen MR) is 80.0 cm³/mol. The van der Waals surface area contributed by atoms with E-state index < -0.39 is 0 Å². The minimum absolute atomic E-state index is 0.672. The SMILES string of the molecule is Cc1cccc(N(CC(C)C)C2CCCC2)c1N. The van der Waals surface area contributed by atoms with E-state index in [-0.39, 0.29) is 0 Å². The number of hydrogen-bond donors (Lipinski definition) is 1. The smallest absolute Gasteiger partial charge is 0.0605 e. The average molecular weight is 246 g/mol. The number of para-hydroxylation sites is 1. The number of aryl methyl sites for hydroxylation is 1. The topological polar surface area (TPSA) is 29.3 Å². The second-order valence-electron chi connectivity index (χ2n) is 5.99. The summed E-state index contributed by atoms with van der Waals surface area (Å²) in [4.78, 5) is 2.56. The summed E-state index contributed by atoms with van der Waals surface area (Å²) in [6.45, 7) is 7.78. The van der Waals surface area contributed by atoms with Crippen molar-refractivity contribution in [2.75, 3.05) is 17.2 Å². The molecule has 100 valence electrons. The van der Waals surface area contributed by atoms with Gasteiger partial charge in [-0.15, -0.1) is 0 Å². The lowest BCUT2D eigenvalue weighted by Crippen LogP contribution is -2.36. The maximum Gasteiger partial charge on any atom is 0.0605 e. The fourth-order valence-electron chi connectivity index (χ4n) is 2.97. The van der Waals surface area contributed by atoms with Crippen LogP contribution in [0.3, 0.4) is 0 Å². The molecule has 0 aliphatic heterocycles. The van der Waals surface area contributed by atoms with Gasteiger partial charge in [-0.25, -0.2) is 0 Å². The molecule has 0 heterocycles. The molecule has 1 aromatic carbocycles. The minimum atomic E-state index is 0.672. The Balaban J connectivity index is 2.29. The summed E-state index contributed by atoms with van der Waals surface area (Å²) in [5.41, 5.74) is 9.69. The summed E-state index contributed by atoms with van der Waals surface area (Å²) in [5, 5.41) is 0. The van der Waals surface area contributed by atoms with E-state index >= 15 is 0 Å². The number of nitrogens with zero attached hydrogens (tertiary/aromatic N) is 1. The molecule has 1 aromatic rings. The van der Waals surface area contributed by atoms with E-state index in [0.29, 0.717) is 12.0 Å². The van der Waals surface area contributed by atoms with Gasteiger partial charge in [-0.2, -0.15) is 0 Å². The maximum atomic E-state index is 6.29. The summed E-state index contributed by atoms with van der Waals surface area (Å²) >= 11 is 0. The van der Waals surface area contributed by atoms with Crippen molar-refractivity contribution in [3.8, 4) is 0 Å². The third kappa shape index (κ3) is 2.80. The van der Waals surface area contributed by atoms with Crippen LogP contribution in [0.2, 0.25) is 0 Å². The monoisotopic (exact) mass is 246 g/mol. The Hall–Kier alpha value is -1.18. The molecule has 0 bridgehead atoms. The first kappa shape index (κ1) is 13.3. The highest BCUT2D eigenvalue weighted by molar-refractivity contribution is 5.71. The van der Waals surface area contributed by atoms with E-state index in [4.69, 9.17) is 5.73 Å². The normalized spacial score (nSPS) is 16.4. The van der Waals surface area contributed by atoms with Crippen LogP contribution < -0.4 is 10.6 Å². The molecule has 2 N–H and O–H groups in total. The molecule has 2 nitrogen and oxygen atoms in total. The lowest BCUT2D eigenvalue weighted by molar-refractivity contribution is 0.536. The quantitative estimate of drug-likeness (QED) is 0.814. The van der Waals surface area contributed by atoms with Crippen LogP contribution in [-0.2, 0) is 0 Å². The summed E-state index contributed by atoms with van der Waals surface area (Å²) < 4.78 is 0. The Labute approximate surface area is 111 Å². The molecular formula is C16H26N2. The molecule has 1 aliphatic rings. The van der Waals surface area contributed by atoms with Gasteiger partial charge in [0.1, 0.15) is 0 Å². The molecule has 1 aliphatic carbocycles. The van der Waals surface area contributed by atoms with Crippen molar-refractivity contribution in [2.45, 2.75) is 52.5 Å². The number of anilines is 2. The van der Waals surface area contributed by atoms with Crippen LogP contribution in [0.5, 0.6) is 0 Å². The zero-order valence-corrected chi connectivity index (χ0v) is 11.9. The fraction of sp³-hybridized carbons (Fsp3) is 0.625. The molecule has 2 heteroatoms. The Morgan fingerprint density at radius 3 is 2.56 bits per heavy atom. The van der Waals surface area contributed by atoms with Gasteiger partial charge in [-0.3, -0.25) is 0 Å². The first-order valence-electron chi connectivity index (χ1n) is 7.21. The summed E-state index contributed by atoms with van der Waals surface area (Å²) in [6.07, 6.45) is 5.37. The molecule has 1 saturated carbocycles. The molecule has 2 rings (SSSR count). The van der Waals surface area contributed by atoms with Crippen LogP contribution >= 0.6 is 0 Å². The van der Waals surface area contributed by atoms with Gasteiger partial charge < -0.3 is 10.6 Å². The van der Waals surface area contributed by atoms with Gasteiger partial charge in [0.2, 0.25) is 0 Å². The average Bonchev–Trinajstić information content (AvgIpc) is 2.83. The van der Waals surface area contributed by atoms with Crippen molar-refractivity contribution in [1.29, 1.82) is 0 Å². The van der Waals surface area contributed by atoms with Crippen LogP contribution in [0.25, 0.3) is 0 Å². The van der Waals surface area contributed by atoms with Crippen molar-refractivity contribution in [3.63, 3.8) is 0 Å². The number of rotatable bonds is 4. The molecule has 0 atom stereocenters. The van der Waals surface area contributed by atoms with Gasteiger partial charge in [0.15, 0.2) is 0 Å². The molecule has 18 heavy (non-hydrogen) atoms. The number of benzene rings is 1. The first-order valence-corrected chi connectivity index (χ1v) is 7.21. The van der Waals surface area contributed by atoms with Crippen molar-refractivity contribution >= 4 is 11.4 Å². The van der Waals surface area contributed by atoms with Gasteiger partial charge >= 0.3 is 0 Å². The summed E-state index contributed by atoms with van der Waals surface area (Å²) in [7, 11) is 0. The Bertz CT molecular complexity index is 392. The zero-order chi connectivity index (χ0) is 13.1. The van der Waals surface area contributed by atoms with E-state index in [1.54, 1.807) is 0 Å². The van der Waals surface area contributed by atoms with E-state index in [1.807, 2.05) is 0 Å². The predicted octanol–water partition coefficient (Wildman–Crippen LogP) is 3.98. The number of nitrogen functional groups attached to an aromatic ring is 1. The van der Waals surface area contributed by atoms with Crippen LogP contribution in [-0.4, -0.2) is 12.6 Å². The van der Waals surface area contributed by atoms with Crippen LogP contribution in [0.1, 0.15) is 45.1 Å². The highest BCUT2D eigenvalue weighted by atomic mass is 15.2. The van der Waals surface area contributed by atoms with Crippen LogP contribution in [0.4, 0.5) is 11.4 Å². The van der Waals surface area contributed by atoms with E-state index in [9.17, 15) is 0 Å². The van der Waals surface area contributed by atoms with E-state index in [2.05, 4.69) is 43.9 Å². The molecule has 0 radical (unpaired) electrons. The molecular weight excluding hydrogens is 220 g/mol. The second kappa shape index (κ2) is 5.64. The standard InChI is InChI=1S/C16H26N2/c1-12(2)11-18(14-8-4-5-9-14)15-10-6-7-13(3)16(15)17/h6-7,10,12,14H,4-5,8-9,11,17H2,1-3H3. The fourth-order valence-corrected chi connectivity index (χ4v) is 2.97. The van der Waals surface area contributed by atoms with Crippen molar-refractivity contribution < 1.29 is 0 Å². The van der Waals surface area contributed by atoms with E-state index in [1.165, 1.54) is 36.9 Å². The first-order chi connectivity index (χ1) is 8.59. The number of hydrogen-bond acceptors (Lipinski definition) is 2. The lowest BCUT2D eigenvalue weighted by atomic mass is 10.1. The van der Waals surface area contributed by atoms with Gasteiger partial charge in [-0.05, 0) is 37.3 Å². The summed E-state index contributed by atoms with van der Waals surface area (Å²) in [5.74, 6) is 0.672. The highest BCUT2D eigenvalue weighted by Crippen LogP contribution is 2.33. The second-order valence-corrected chi connectivity index (χ2v) is 5.99. The Morgan fingerprint density at radius 2 is 1.94 bits per heavy atom. The largest absolute Gasteiger partial charge is 0.397 e. The third-order valence-corrected chi connectivity index (χ3v) is 3.94. The highest BCUT2D eigenvalue weighted by Gasteiger charge is 2.24. The lowest BCUT2D eigenvalue weighted by Gasteiger charge is -2.34. The molecule has 0 amide bonds. The van der Waals surface area contributed by atoms with Gasteiger partial charge in [-0.1, -0.05) is 38.8 Å². The minimum Gasteiger partial charge on any atom is -0.397 e. The molecule has 0 spiro atoms. The van der Waals surface area contributed by atoms with Crippen LogP contribution in [0.15, 0.2) is 18.2 Å². The van der Waals surface area contributed by atoms with Gasteiger partial charge in [0.05, 0.1) is 11.4 Å². The van der Waals surface area contributed by atoms with Gasteiger partial charge in [0.25, 0.3) is 0 Å². The molecule has 1 fully saturated rings. The van der Waals surface area contributed by atoms with Crippen molar-refractivity contribution in [3.05, 3.63) is 23.8 Å². The maximum absolute atomic E-state index is 6.29. The third-order valence-electron chi connectivity index (χ3n) is 3.94. The zero-order valence-electron chi connectivity index (χ0n) is 11.9. The Kier molecular flexibility index (Phi) is 4.15. The van der Waals surface area contributed by atoms with Gasteiger partial charge in [0, 0.05) is 12.6 Å². The molecule has 0 unspecified atom stereocenters. The van der Waals surface area contributed by atoms with Crippen molar-refractivity contribution in [2.24, 2.45) is 5.92 Å². The van der Waals surface area contributed by atoms with E-state index in [0.717, 1.165) is 12.2 Å². The van der Waals surface area contributed by atoms with Crippen molar-refractivity contribution in [1.82, 2.24) is 0 Å². The molecule has 0 saturated heterocycles. The number of nitrogens with two attached hydrogens (primary N) is 1. The molecule has 0 aromatic heterocycles. The Morgan fingerprint density at radius 1 is 1.28 bits per heavy atom.